The molecular formula is C20H19N5O7S2. The van der Waals surface area contributed by atoms with Gasteiger partial charge in [0.15, 0.2) is 22.4 Å². The third kappa shape index (κ3) is 5.36. The van der Waals surface area contributed by atoms with Gasteiger partial charge in [0.2, 0.25) is 15.8 Å². The second-order valence-corrected chi connectivity index (χ2v) is 9.92. The van der Waals surface area contributed by atoms with E-state index in [0.29, 0.717) is 11.3 Å². The molecule has 0 bridgehead atoms. The zero-order valence-corrected chi connectivity index (χ0v) is 19.4. The molecule has 178 valence electrons. The van der Waals surface area contributed by atoms with Crippen LogP contribution in [0.1, 0.15) is 39.4 Å². The van der Waals surface area contributed by atoms with Crippen molar-refractivity contribution in [2.75, 3.05) is 5.73 Å². The Morgan fingerprint density at radius 3 is 2.47 bits per heavy atom. The average molecular weight is 506 g/mol. The highest BCUT2D eigenvalue weighted by atomic mass is 32.2. The SMILES string of the molecule is CC(C)NS(=O)(=O)c1cc(O)c(N)nc1N=Nc1sc(C(=O)c2cccc(O)c2)cc1C(=O)O. The molecule has 1 aromatic carbocycles. The van der Waals surface area contributed by atoms with Gasteiger partial charge in [0, 0.05) is 17.7 Å². The van der Waals surface area contributed by atoms with Gasteiger partial charge in [-0.1, -0.05) is 12.1 Å². The lowest BCUT2D eigenvalue weighted by Crippen LogP contribution is -2.30. The zero-order chi connectivity index (χ0) is 25.2. The van der Waals surface area contributed by atoms with Crippen LogP contribution in [0.5, 0.6) is 11.5 Å². The van der Waals surface area contributed by atoms with Crippen LogP contribution < -0.4 is 10.5 Å². The minimum absolute atomic E-state index is 0.00412. The molecule has 3 aromatic rings. The predicted molar refractivity (Wildman–Crippen MR) is 123 cm³/mol. The van der Waals surface area contributed by atoms with Gasteiger partial charge in [0.25, 0.3) is 0 Å². The normalized spacial score (nSPS) is 11.9. The van der Waals surface area contributed by atoms with E-state index in [1.807, 2.05) is 0 Å². The summed E-state index contributed by atoms with van der Waals surface area (Å²) in [6, 6.07) is 6.98. The molecule has 0 aliphatic heterocycles. The highest BCUT2D eigenvalue weighted by Crippen LogP contribution is 2.36. The summed E-state index contributed by atoms with van der Waals surface area (Å²) in [4.78, 5) is 27.6. The van der Waals surface area contributed by atoms with Crippen LogP contribution in [0.2, 0.25) is 0 Å². The molecule has 0 aliphatic rings. The minimum Gasteiger partial charge on any atom is -0.508 e. The van der Waals surface area contributed by atoms with Crippen molar-refractivity contribution >= 4 is 49.7 Å². The van der Waals surface area contributed by atoms with Crippen LogP contribution in [-0.4, -0.2) is 46.5 Å². The van der Waals surface area contributed by atoms with Crippen molar-refractivity contribution in [1.82, 2.24) is 9.71 Å². The standard InChI is InChI=1S/C20H19N5O7S2/c1-9(2)25-34(31,32)15-8-13(27)17(21)22-18(15)23-24-19-12(20(29)30)7-14(33-19)16(28)10-4-3-5-11(26)6-10/h3-9,25-27H,1-2H3,(H2,21,22)(H,29,30). The van der Waals surface area contributed by atoms with E-state index in [-0.39, 0.29) is 26.8 Å². The fourth-order valence-electron chi connectivity index (χ4n) is 2.74. The lowest BCUT2D eigenvalue weighted by Gasteiger charge is -2.11. The number of phenols is 1. The molecule has 12 nitrogen and oxygen atoms in total. The number of azo groups is 1. The number of carboxylic acid groups (broad SMARTS) is 1. The van der Waals surface area contributed by atoms with Crippen LogP contribution in [0.4, 0.5) is 16.6 Å². The molecule has 0 radical (unpaired) electrons. The molecule has 14 heteroatoms. The molecule has 0 aliphatic carbocycles. The Bertz CT molecular complexity index is 1410. The summed E-state index contributed by atoms with van der Waals surface area (Å²) in [5.41, 5.74) is 5.34. The number of hydrogen-bond acceptors (Lipinski definition) is 11. The van der Waals surface area contributed by atoms with E-state index in [1.54, 1.807) is 13.8 Å². The predicted octanol–water partition coefficient (Wildman–Crippen LogP) is 3.17. The summed E-state index contributed by atoms with van der Waals surface area (Å²) in [5.74, 6) is -3.59. The average Bonchev–Trinajstić information content (AvgIpc) is 3.17. The van der Waals surface area contributed by atoms with Gasteiger partial charge in [-0.3, -0.25) is 4.79 Å². The summed E-state index contributed by atoms with van der Waals surface area (Å²) in [5, 5.41) is 36.3. The van der Waals surface area contributed by atoms with E-state index in [4.69, 9.17) is 5.73 Å². The molecule has 0 saturated heterocycles. The Hall–Kier alpha value is -3.88. The summed E-state index contributed by atoms with van der Waals surface area (Å²) in [6.45, 7) is 3.16. The summed E-state index contributed by atoms with van der Waals surface area (Å²) in [6.07, 6.45) is 0. The molecule has 2 heterocycles. The van der Waals surface area contributed by atoms with E-state index < -0.39 is 50.1 Å². The number of nitrogens with two attached hydrogens (primary N) is 1. The van der Waals surface area contributed by atoms with Crippen LogP contribution >= 0.6 is 11.3 Å². The molecular weight excluding hydrogens is 486 g/mol. The largest absolute Gasteiger partial charge is 0.508 e. The number of nitrogen functional groups attached to an aromatic ring is 1. The van der Waals surface area contributed by atoms with E-state index in [2.05, 4.69) is 19.9 Å². The second kappa shape index (κ2) is 9.54. The third-order valence-electron chi connectivity index (χ3n) is 4.17. The van der Waals surface area contributed by atoms with Gasteiger partial charge in [0.1, 0.15) is 10.6 Å². The molecule has 0 saturated carbocycles. The number of carbonyl (C=O) groups is 2. The zero-order valence-electron chi connectivity index (χ0n) is 17.8. The third-order valence-corrected chi connectivity index (χ3v) is 6.85. The molecule has 6 N–H and O–H groups in total. The number of nitrogens with zero attached hydrogens (tertiary/aromatic N) is 3. The number of sulfonamides is 1. The van der Waals surface area contributed by atoms with Gasteiger partial charge in [-0.05, 0) is 32.0 Å². The summed E-state index contributed by atoms with van der Waals surface area (Å²) >= 11 is 0.701. The quantitative estimate of drug-likeness (QED) is 0.225. The van der Waals surface area contributed by atoms with Crippen molar-refractivity contribution in [2.24, 2.45) is 10.2 Å². The number of carbonyl (C=O) groups excluding carboxylic acids is 1. The van der Waals surface area contributed by atoms with Crippen LogP contribution in [-0.2, 0) is 10.0 Å². The Morgan fingerprint density at radius 1 is 1.15 bits per heavy atom. The van der Waals surface area contributed by atoms with Gasteiger partial charge in [-0.25, -0.2) is 22.9 Å². The molecule has 0 fully saturated rings. The number of thiophene rings is 1. The van der Waals surface area contributed by atoms with Crippen molar-refractivity contribution in [3.63, 3.8) is 0 Å². The number of pyridine rings is 1. The fourth-order valence-corrected chi connectivity index (χ4v) is 5.01. The van der Waals surface area contributed by atoms with E-state index >= 15 is 0 Å². The van der Waals surface area contributed by atoms with Crippen molar-refractivity contribution < 1.29 is 33.3 Å². The molecule has 0 amide bonds. The number of carboxylic acids is 1. The van der Waals surface area contributed by atoms with Crippen molar-refractivity contribution in [2.45, 2.75) is 24.8 Å². The number of hydrogen-bond donors (Lipinski definition) is 5. The first-order valence-corrected chi connectivity index (χ1v) is 11.8. The minimum atomic E-state index is -4.18. The van der Waals surface area contributed by atoms with Crippen molar-refractivity contribution in [3.8, 4) is 11.5 Å². The number of benzene rings is 1. The molecule has 3 rings (SSSR count). The number of phenolic OH excluding ortho intramolecular Hbond substituents is 1. The van der Waals surface area contributed by atoms with E-state index in [1.165, 1.54) is 24.3 Å². The summed E-state index contributed by atoms with van der Waals surface area (Å²) in [7, 11) is -4.18. The number of aromatic hydroxyl groups is 2. The number of nitrogens with one attached hydrogen (secondary N) is 1. The molecule has 0 atom stereocenters. The maximum absolute atomic E-state index is 12.7. The summed E-state index contributed by atoms with van der Waals surface area (Å²) < 4.78 is 27.6. The Kier molecular flexibility index (Phi) is 6.95. The lowest BCUT2D eigenvalue weighted by molar-refractivity contribution is 0.0698. The number of aromatic carboxylic acids is 1. The Labute approximate surface area is 197 Å². The Morgan fingerprint density at radius 2 is 1.85 bits per heavy atom. The first kappa shape index (κ1) is 24.8. The molecule has 2 aromatic heterocycles. The van der Waals surface area contributed by atoms with Gasteiger partial charge in [-0.2, -0.15) is 0 Å². The molecule has 0 spiro atoms. The number of rotatable bonds is 8. The van der Waals surface area contributed by atoms with Crippen LogP contribution in [0, 0.1) is 0 Å². The maximum atomic E-state index is 12.7. The maximum Gasteiger partial charge on any atom is 0.338 e. The number of aromatic nitrogens is 1. The topological polar surface area (TPSA) is 205 Å². The fraction of sp³-hybridized carbons (Fsp3) is 0.150. The monoisotopic (exact) mass is 505 g/mol. The first-order chi connectivity index (χ1) is 15.9. The smallest absolute Gasteiger partial charge is 0.338 e. The first-order valence-electron chi connectivity index (χ1n) is 9.53. The lowest BCUT2D eigenvalue weighted by atomic mass is 10.1. The van der Waals surface area contributed by atoms with Gasteiger partial charge < -0.3 is 21.1 Å². The highest BCUT2D eigenvalue weighted by molar-refractivity contribution is 7.89. The van der Waals surface area contributed by atoms with E-state index in [9.17, 15) is 33.3 Å². The van der Waals surface area contributed by atoms with Crippen LogP contribution in [0.15, 0.2) is 51.5 Å². The Balaban J connectivity index is 2.07. The van der Waals surface area contributed by atoms with Gasteiger partial charge in [0.05, 0.1) is 10.4 Å². The van der Waals surface area contributed by atoms with Crippen LogP contribution in [0.3, 0.4) is 0 Å². The van der Waals surface area contributed by atoms with Gasteiger partial charge in [-0.15, -0.1) is 21.6 Å². The van der Waals surface area contributed by atoms with E-state index in [0.717, 1.165) is 12.1 Å². The number of ketones is 1. The van der Waals surface area contributed by atoms with Crippen molar-refractivity contribution in [3.05, 3.63) is 52.4 Å². The second-order valence-electron chi connectivity index (χ2n) is 7.20. The van der Waals surface area contributed by atoms with Gasteiger partial charge >= 0.3 is 5.97 Å². The van der Waals surface area contributed by atoms with Crippen LogP contribution in [0.25, 0.3) is 0 Å². The van der Waals surface area contributed by atoms with Crippen molar-refractivity contribution in [1.29, 1.82) is 0 Å². The molecule has 0 unspecified atom stereocenters. The number of anilines is 1. The highest BCUT2D eigenvalue weighted by Gasteiger charge is 2.24. The molecule has 34 heavy (non-hydrogen) atoms.